The Hall–Kier alpha value is -5.60. The Balaban J connectivity index is 1.34. The average Bonchev–Trinajstić information content (AvgIpc) is 3.38. The van der Waals surface area contributed by atoms with Gasteiger partial charge < -0.3 is 9.47 Å². The third kappa shape index (κ3) is 3.33. The number of aromatic nitrogens is 1. The second-order valence-electron chi connectivity index (χ2n) is 11.0. The lowest BCUT2D eigenvalue weighted by Gasteiger charge is -2.25. The van der Waals surface area contributed by atoms with E-state index in [1.807, 2.05) is 0 Å². The van der Waals surface area contributed by atoms with Crippen molar-refractivity contribution >= 4 is 71.2 Å². The summed E-state index contributed by atoms with van der Waals surface area (Å²) in [7, 11) is 0. The van der Waals surface area contributed by atoms with Crippen molar-refractivity contribution in [3.05, 3.63) is 158 Å². The molecule has 0 saturated carbocycles. The van der Waals surface area contributed by atoms with Gasteiger partial charge in [-0.15, -0.1) is 0 Å². The van der Waals surface area contributed by atoms with Crippen LogP contribution in [0.1, 0.15) is 0 Å². The molecule has 0 saturated heterocycles. The van der Waals surface area contributed by atoms with Gasteiger partial charge in [-0.2, -0.15) is 0 Å². The van der Waals surface area contributed by atoms with Crippen LogP contribution in [-0.4, -0.2) is 4.57 Å². The van der Waals surface area contributed by atoms with Crippen molar-refractivity contribution in [2.45, 2.75) is 0 Å². The minimum Gasteiger partial charge on any atom is -0.310 e. The van der Waals surface area contributed by atoms with Crippen LogP contribution in [0.25, 0.3) is 59.8 Å². The third-order valence-corrected chi connectivity index (χ3v) is 8.69. The van der Waals surface area contributed by atoms with Crippen LogP contribution in [0.2, 0.25) is 0 Å². The van der Waals surface area contributed by atoms with Gasteiger partial charge in [0.1, 0.15) is 0 Å². The molecule has 2 nitrogen and oxygen atoms in total. The van der Waals surface area contributed by atoms with Crippen LogP contribution in [0.4, 0.5) is 17.1 Å². The zero-order valence-corrected chi connectivity index (χ0v) is 22.9. The Morgan fingerprint density at radius 2 is 0.952 bits per heavy atom. The number of para-hydroxylation sites is 3. The minimum atomic E-state index is 1.14. The zero-order valence-electron chi connectivity index (χ0n) is 22.9. The second-order valence-corrected chi connectivity index (χ2v) is 11.0. The van der Waals surface area contributed by atoms with Crippen molar-refractivity contribution in [2.24, 2.45) is 0 Å². The number of hydrogen-bond acceptors (Lipinski definition) is 1. The van der Waals surface area contributed by atoms with Gasteiger partial charge in [0, 0.05) is 33.2 Å². The van der Waals surface area contributed by atoms with Gasteiger partial charge in [0.05, 0.1) is 16.7 Å². The van der Waals surface area contributed by atoms with Gasteiger partial charge >= 0.3 is 0 Å². The molecule has 0 aliphatic carbocycles. The normalized spacial score (nSPS) is 11.8. The van der Waals surface area contributed by atoms with Crippen LogP contribution < -0.4 is 4.90 Å². The first-order chi connectivity index (χ1) is 20.8. The van der Waals surface area contributed by atoms with Gasteiger partial charge in [-0.1, -0.05) is 103 Å². The first-order valence-corrected chi connectivity index (χ1v) is 14.5. The maximum absolute atomic E-state index is 2.45. The maximum Gasteiger partial charge on any atom is 0.0542 e. The van der Waals surface area contributed by atoms with Crippen LogP contribution in [-0.2, 0) is 0 Å². The summed E-state index contributed by atoms with van der Waals surface area (Å²) in [6.45, 7) is 0. The Bertz CT molecular complexity index is 2350. The Kier molecular flexibility index (Phi) is 4.93. The van der Waals surface area contributed by atoms with Crippen LogP contribution in [0.3, 0.4) is 0 Å². The summed E-state index contributed by atoms with van der Waals surface area (Å²) in [5.74, 6) is 0. The van der Waals surface area contributed by atoms with E-state index in [4.69, 9.17) is 0 Å². The number of nitrogens with zero attached hydrogens (tertiary/aromatic N) is 2. The van der Waals surface area contributed by atoms with Crippen molar-refractivity contribution in [1.82, 2.24) is 4.57 Å². The molecule has 0 atom stereocenters. The highest BCUT2D eigenvalue weighted by Gasteiger charge is 2.19. The number of fused-ring (bicyclic) bond motifs is 3. The molecule has 0 amide bonds. The molecule has 0 bridgehead atoms. The number of anilines is 3. The molecular formula is C40H26N2. The fraction of sp³-hybridized carbons (Fsp3) is 0. The quantitative estimate of drug-likeness (QED) is 0.204. The average molecular weight is 535 g/mol. The first-order valence-electron chi connectivity index (χ1n) is 14.5. The molecule has 0 aliphatic heterocycles. The third-order valence-electron chi connectivity index (χ3n) is 8.69. The number of hydrogen-bond donors (Lipinski definition) is 0. The summed E-state index contributed by atoms with van der Waals surface area (Å²) in [4.78, 5) is 2.34. The highest BCUT2D eigenvalue weighted by molar-refractivity contribution is 6.25. The molecule has 0 radical (unpaired) electrons. The summed E-state index contributed by atoms with van der Waals surface area (Å²) < 4.78 is 2.45. The molecular weight excluding hydrogens is 508 g/mol. The van der Waals surface area contributed by atoms with Gasteiger partial charge in [0.25, 0.3) is 0 Å². The largest absolute Gasteiger partial charge is 0.310 e. The Morgan fingerprint density at radius 3 is 1.69 bits per heavy atom. The SMILES string of the molecule is c1ccc(N(c2ccccc2)c2ccc3c(c2)c2ccccc2n3-c2ccc3ccc4cccc5ccc2c3c45)cc1. The van der Waals surface area contributed by atoms with Gasteiger partial charge in [0.15, 0.2) is 0 Å². The van der Waals surface area contributed by atoms with Gasteiger partial charge in [-0.3, -0.25) is 0 Å². The van der Waals surface area contributed by atoms with E-state index < -0.39 is 0 Å². The molecule has 9 aromatic rings. The van der Waals surface area contributed by atoms with Crippen molar-refractivity contribution in [3.8, 4) is 5.69 Å². The predicted molar refractivity (Wildman–Crippen MR) is 179 cm³/mol. The molecule has 0 unspecified atom stereocenters. The van der Waals surface area contributed by atoms with Gasteiger partial charge in [-0.25, -0.2) is 0 Å². The van der Waals surface area contributed by atoms with E-state index in [1.54, 1.807) is 0 Å². The molecule has 0 N–H and O–H groups in total. The zero-order chi connectivity index (χ0) is 27.6. The van der Waals surface area contributed by atoms with Crippen molar-refractivity contribution in [1.29, 1.82) is 0 Å². The van der Waals surface area contributed by atoms with E-state index >= 15 is 0 Å². The van der Waals surface area contributed by atoms with E-state index in [1.165, 1.54) is 59.8 Å². The van der Waals surface area contributed by atoms with Crippen molar-refractivity contribution < 1.29 is 0 Å². The molecule has 0 aliphatic rings. The summed E-state index contributed by atoms with van der Waals surface area (Å²) >= 11 is 0. The highest BCUT2D eigenvalue weighted by atomic mass is 15.1. The molecule has 0 fully saturated rings. The lowest BCUT2D eigenvalue weighted by Crippen LogP contribution is -2.09. The maximum atomic E-state index is 2.45. The molecule has 9 rings (SSSR count). The van der Waals surface area contributed by atoms with Crippen LogP contribution in [0.15, 0.2) is 158 Å². The van der Waals surface area contributed by atoms with E-state index in [9.17, 15) is 0 Å². The number of rotatable bonds is 4. The van der Waals surface area contributed by atoms with Crippen molar-refractivity contribution in [3.63, 3.8) is 0 Å². The molecule has 1 aromatic heterocycles. The lowest BCUT2D eigenvalue weighted by atomic mass is 9.93. The van der Waals surface area contributed by atoms with Crippen molar-refractivity contribution in [2.75, 3.05) is 4.90 Å². The summed E-state index contributed by atoms with van der Waals surface area (Å²) in [6, 6.07) is 57.2. The van der Waals surface area contributed by atoms with E-state index in [-0.39, 0.29) is 0 Å². The minimum absolute atomic E-state index is 1.14. The molecule has 2 heteroatoms. The monoisotopic (exact) mass is 534 g/mol. The summed E-state index contributed by atoms with van der Waals surface area (Å²) in [6.07, 6.45) is 0. The molecule has 0 spiro atoms. The highest BCUT2D eigenvalue weighted by Crippen LogP contribution is 2.42. The molecule has 8 aromatic carbocycles. The van der Waals surface area contributed by atoms with Crippen LogP contribution in [0, 0.1) is 0 Å². The Morgan fingerprint density at radius 1 is 0.357 bits per heavy atom. The standard InChI is InChI=1S/C40H26N2/c1-3-12-30(13-4-1)41(31-14-5-2-6-15-31)32-22-25-38-35(26-32)33-16-7-8-17-36(33)42(38)37-24-21-29-19-18-27-10-9-11-28-20-23-34(37)40(29)39(27)28/h1-26H. The fourth-order valence-corrected chi connectivity index (χ4v) is 6.88. The predicted octanol–water partition coefficient (Wildman–Crippen LogP) is 11.2. The molecule has 42 heavy (non-hydrogen) atoms. The van der Waals surface area contributed by atoms with Crippen LogP contribution in [0.5, 0.6) is 0 Å². The fourth-order valence-electron chi connectivity index (χ4n) is 6.88. The van der Waals surface area contributed by atoms with Gasteiger partial charge in [0.2, 0.25) is 0 Å². The van der Waals surface area contributed by atoms with Gasteiger partial charge in [-0.05, 0) is 81.5 Å². The van der Waals surface area contributed by atoms with E-state index in [0.29, 0.717) is 0 Å². The smallest absolute Gasteiger partial charge is 0.0542 e. The first kappa shape index (κ1) is 23.1. The lowest BCUT2D eigenvalue weighted by molar-refractivity contribution is 1.20. The number of benzene rings is 8. The van der Waals surface area contributed by atoms with E-state index in [0.717, 1.165) is 17.1 Å². The Labute approximate surface area is 243 Å². The summed E-state index contributed by atoms with van der Waals surface area (Å²) in [5, 5.41) is 10.3. The topological polar surface area (TPSA) is 8.17 Å². The van der Waals surface area contributed by atoms with Crippen LogP contribution >= 0.6 is 0 Å². The summed E-state index contributed by atoms with van der Waals surface area (Å²) in [5.41, 5.74) is 7.04. The molecule has 196 valence electrons. The molecule has 1 heterocycles. The van der Waals surface area contributed by atoms with E-state index in [2.05, 4.69) is 167 Å². The second kappa shape index (κ2) is 8.95.